The smallest absolute Gasteiger partial charge is 0.340 e. The van der Waals surface area contributed by atoms with Crippen molar-refractivity contribution < 1.29 is 14.0 Å². The van der Waals surface area contributed by atoms with Crippen LogP contribution < -0.4 is 25.0 Å². The molecule has 0 radical (unpaired) electrons. The minimum absolute atomic E-state index is 0.402. The number of methoxy groups -OCH3 is 2. The van der Waals surface area contributed by atoms with Crippen LogP contribution in [0.3, 0.4) is 0 Å². The number of aromatic nitrogens is 4. The molecule has 2 N–H and O–H groups in total. The van der Waals surface area contributed by atoms with E-state index in [4.69, 9.17) is 14.5 Å². The zero-order valence-electron chi connectivity index (χ0n) is 30.6. The minimum Gasteiger partial charge on any atom is -0.494 e. The molecule has 2 aromatic heterocycles. The third-order valence-corrected chi connectivity index (χ3v) is 11.3. The van der Waals surface area contributed by atoms with Crippen LogP contribution in [0.5, 0.6) is 11.5 Å². The molecule has 1 aliphatic carbocycles. The first kappa shape index (κ1) is 35.2. The topological polar surface area (TPSA) is 113 Å². The molecular formula is C38H51N9O3P+. The van der Waals surface area contributed by atoms with Gasteiger partial charge in [-0.05, 0) is 63.3 Å². The number of likely N-dealkylation sites (N-methyl/N-ethyl adjacent to an activating group) is 1. The highest BCUT2D eigenvalue weighted by molar-refractivity contribution is 7.42. The Labute approximate surface area is 302 Å². The van der Waals surface area contributed by atoms with E-state index in [1.54, 1.807) is 27.1 Å². The van der Waals surface area contributed by atoms with E-state index in [2.05, 4.69) is 79.8 Å². The van der Waals surface area contributed by atoms with Gasteiger partial charge < -0.3 is 29.9 Å². The average molecular weight is 713 g/mol. The summed E-state index contributed by atoms with van der Waals surface area (Å²) in [4.78, 5) is 17.2. The van der Waals surface area contributed by atoms with E-state index >= 15 is 0 Å². The first-order valence-electron chi connectivity index (χ1n) is 18.2. The van der Waals surface area contributed by atoms with Gasteiger partial charge in [0.1, 0.15) is 6.66 Å². The summed E-state index contributed by atoms with van der Waals surface area (Å²) in [6, 6.07) is 11.1. The number of aryl methyl sites for hydroxylation is 1. The van der Waals surface area contributed by atoms with Gasteiger partial charge in [-0.2, -0.15) is 10.1 Å². The molecule has 7 rings (SSSR count). The number of para-hydroxylation sites is 1. The van der Waals surface area contributed by atoms with Gasteiger partial charge in [0, 0.05) is 74.9 Å². The molecule has 1 unspecified atom stereocenters. The van der Waals surface area contributed by atoms with E-state index < -0.39 is 7.80 Å². The average Bonchev–Trinajstić information content (AvgIpc) is 3.88. The van der Waals surface area contributed by atoms with Crippen molar-refractivity contribution in [1.82, 2.24) is 29.5 Å². The number of hydrogen-bond acceptors (Lipinski definition) is 11. The molecule has 13 heteroatoms. The van der Waals surface area contributed by atoms with Crippen LogP contribution in [0.25, 0.3) is 11.1 Å². The molecule has 51 heavy (non-hydrogen) atoms. The van der Waals surface area contributed by atoms with Crippen LogP contribution >= 0.6 is 7.80 Å². The van der Waals surface area contributed by atoms with Gasteiger partial charge in [-0.15, -0.1) is 0 Å². The van der Waals surface area contributed by atoms with Crippen molar-refractivity contribution >= 4 is 36.6 Å². The lowest BCUT2D eigenvalue weighted by molar-refractivity contribution is 0.0982. The number of rotatable bonds is 13. The molecule has 2 aliphatic heterocycles. The zero-order valence-corrected chi connectivity index (χ0v) is 31.5. The molecule has 0 amide bonds. The number of piperazine rings is 1. The van der Waals surface area contributed by atoms with Crippen LogP contribution in [0.15, 0.2) is 48.9 Å². The molecule has 1 atom stereocenters. The number of nitrogens with zero attached hydrogens (tertiary/aromatic N) is 7. The highest BCUT2D eigenvalue weighted by Gasteiger charge is 2.31. The first-order chi connectivity index (χ1) is 24.8. The van der Waals surface area contributed by atoms with Gasteiger partial charge in [-0.3, -0.25) is 9.58 Å². The summed E-state index contributed by atoms with van der Waals surface area (Å²) in [7, 11) is 4.18. The summed E-state index contributed by atoms with van der Waals surface area (Å²) in [5.41, 5.74) is 7.10. The van der Waals surface area contributed by atoms with Crippen molar-refractivity contribution in [1.29, 1.82) is 0 Å². The number of benzene rings is 2. The van der Waals surface area contributed by atoms with Gasteiger partial charge in [0.2, 0.25) is 5.95 Å². The van der Waals surface area contributed by atoms with Gasteiger partial charge in [0.05, 0.1) is 43.6 Å². The van der Waals surface area contributed by atoms with Gasteiger partial charge in [0.25, 0.3) is 0 Å². The van der Waals surface area contributed by atoms with Crippen LogP contribution in [-0.4, -0.2) is 103 Å². The Morgan fingerprint density at radius 1 is 0.941 bits per heavy atom. The Bertz CT molecular complexity index is 1850. The second-order valence-electron chi connectivity index (χ2n) is 14.0. The third kappa shape index (κ3) is 7.83. The molecule has 1 saturated carbocycles. The molecular weight excluding hydrogens is 661 g/mol. The van der Waals surface area contributed by atoms with E-state index in [-0.39, 0.29) is 0 Å². The molecule has 3 fully saturated rings. The fourth-order valence-electron chi connectivity index (χ4n) is 7.54. The maximum absolute atomic E-state index is 12.4. The Hall–Kier alpha value is -4.25. The van der Waals surface area contributed by atoms with Crippen molar-refractivity contribution in [2.75, 3.05) is 82.7 Å². The summed E-state index contributed by atoms with van der Waals surface area (Å²) in [5.74, 6) is 2.67. The monoisotopic (exact) mass is 712 g/mol. The lowest BCUT2D eigenvalue weighted by Gasteiger charge is -2.43. The second-order valence-corrected chi connectivity index (χ2v) is 15.6. The standard InChI is InChI=1S/C38H51N9O3P/c1-6-47-24-28(22-40-47)34-32(46-16-14-29(15-17-46)45-20-18-44(2)19-21-45)13-12-31(36(34)50-4)41-38-39-23-33(49-3)37(43-38)42-35-27(25-51(5)48)8-7-9-30(35)26-10-11-26/h7-9,12-13,22-24,26,29H,6,10-11,14-21,25H2,1-5H3,(H2,39,41,42,43)/q+1. The van der Waals surface area contributed by atoms with Crippen molar-refractivity contribution in [3.63, 3.8) is 0 Å². The fourth-order valence-corrected chi connectivity index (χ4v) is 8.28. The predicted molar refractivity (Wildman–Crippen MR) is 205 cm³/mol. The largest absolute Gasteiger partial charge is 0.494 e. The molecule has 2 saturated heterocycles. The molecule has 4 heterocycles. The van der Waals surface area contributed by atoms with Crippen LogP contribution in [0, 0.1) is 0 Å². The van der Waals surface area contributed by atoms with Crippen LogP contribution in [0.1, 0.15) is 49.7 Å². The van der Waals surface area contributed by atoms with E-state index in [0.29, 0.717) is 41.4 Å². The number of anilines is 5. The molecule has 270 valence electrons. The van der Waals surface area contributed by atoms with E-state index in [0.717, 1.165) is 105 Å². The summed E-state index contributed by atoms with van der Waals surface area (Å²) in [6.07, 6.45) is 10.7. The fraction of sp³-hybridized carbons (Fsp3) is 0.500. The van der Waals surface area contributed by atoms with Crippen molar-refractivity contribution in [2.24, 2.45) is 0 Å². The number of ether oxygens (including phenoxy) is 2. The molecule has 3 aliphatic rings. The van der Waals surface area contributed by atoms with Gasteiger partial charge in [0.15, 0.2) is 23.5 Å². The first-order valence-corrected chi connectivity index (χ1v) is 20.1. The Balaban J connectivity index is 1.19. The molecule has 2 aromatic carbocycles. The lowest BCUT2D eigenvalue weighted by atomic mass is 9.98. The van der Waals surface area contributed by atoms with E-state index in [1.807, 2.05) is 16.9 Å². The van der Waals surface area contributed by atoms with Gasteiger partial charge in [-0.1, -0.05) is 22.8 Å². The maximum atomic E-state index is 12.4. The number of piperidine rings is 1. The maximum Gasteiger partial charge on any atom is 0.340 e. The number of hydrogen-bond donors (Lipinski definition) is 2. The Morgan fingerprint density at radius 2 is 1.73 bits per heavy atom. The van der Waals surface area contributed by atoms with Gasteiger partial charge >= 0.3 is 7.80 Å². The summed E-state index contributed by atoms with van der Waals surface area (Å²) >= 11 is 0. The van der Waals surface area contributed by atoms with Gasteiger partial charge in [-0.25, -0.2) is 4.98 Å². The predicted octanol–water partition coefficient (Wildman–Crippen LogP) is 6.92. The molecule has 4 aromatic rings. The zero-order chi connectivity index (χ0) is 35.5. The van der Waals surface area contributed by atoms with E-state index in [9.17, 15) is 4.57 Å². The summed E-state index contributed by atoms with van der Waals surface area (Å²) in [6.45, 7) is 11.2. The molecule has 0 spiro atoms. The lowest BCUT2D eigenvalue weighted by Crippen LogP contribution is -2.52. The van der Waals surface area contributed by atoms with Crippen molar-refractivity contribution in [3.05, 3.63) is 60.0 Å². The summed E-state index contributed by atoms with van der Waals surface area (Å²) < 4.78 is 26.2. The van der Waals surface area contributed by atoms with Crippen LogP contribution in [0.4, 0.5) is 28.8 Å². The van der Waals surface area contributed by atoms with Crippen LogP contribution in [0.2, 0.25) is 0 Å². The second kappa shape index (κ2) is 15.6. The quantitative estimate of drug-likeness (QED) is 0.141. The molecule has 0 bridgehead atoms. The van der Waals surface area contributed by atoms with Crippen molar-refractivity contribution in [3.8, 4) is 22.6 Å². The third-order valence-electron chi connectivity index (χ3n) is 10.5. The Morgan fingerprint density at radius 3 is 2.39 bits per heavy atom. The normalized spacial score (nSPS) is 17.7. The minimum atomic E-state index is -1.37. The summed E-state index contributed by atoms with van der Waals surface area (Å²) in [5, 5.41) is 11.7. The molecule has 12 nitrogen and oxygen atoms in total. The highest BCUT2D eigenvalue weighted by atomic mass is 31.1. The van der Waals surface area contributed by atoms with Crippen molar-refractivity contribution in [2.45, 2.75) is 57.3 Å². The van der Waals surface area contributed by atoms with Crippen LogP contribution in [-0.2, 0) is 17.3 Å². The SMILES string of the molecule is CCn1cc(-c2c(N3CCC(N4CCN(C)CC4)CC3)ccc(Nc3ncc(OC)c(Nc4c(C[P+](C)=O)cccc4C4CC4)n3)c2OC)cn1. The number of nitrogens with one attached hydrogen (secondary N) is 2. The highest BCUT2D eigenvalue weighted by Crippen LogP contribution is 2.47. The van der Waals surface area contributed by atoms with E-state index in [1.165, 1.54) is 5.56 Å². The Kier molecular flexibility index (Phi) is 10.7.